The topological polar surface area (TPSA) is 62.5 Å². The maximum atomic E-state index is 10.7. The number of thiazole rings is 1. The van der Waals surface area contributed by atoms with Crippen molar-refractivity contribution in [3.63, 3.8) is 0 Å². The van der Waals surface area contributed by atoms with Gasteiger partial charge in [-0.2, -0.15) is 0 Å². The van der Waals surface area contributed by atoms with Gasteiger partial charge in [0.2, 0.25) is 0 Å². The van der Waals surface area contributed by atoms with Crippen LogP contribution in [0, 0.1) is 22.0 Å². The molecule has 1 aromatic heterocycles. The minimum Gasteiger partial charge on any atom is -0.345 e. The van der Waals surface area contributed by atoms with Crippen molar-refractivity contribution in [3.8, 4) is 11.8 Å². The monoisotopic (exact) mass is 328 g/mol. The summed E-state index contributed by atoms with van der Waals surface area (Å²) in [6.07, 6.45) is 1.33. The lowest BCUT2D eigenvalue weighted by Crippen LogP contribution is -2.46. The fourth-order valence-corrected chi connectivity index (χ4v) is 3.14. The first-order valence-corrected chi connectivity index (χ1v) is 8.15. The highest BCUT2D eigenvalue weighted by Gasteiger charge is 2.21. The first-order chi connectivity index (χ1) is 11.2. The fraction of sp³-hybridized carbons (Fsp3) is 0.312. The average Bonchev–Trinajstić information content (AvgIpc) is 3.07. The highest BCUT2D eigenvalue weighted by atomic mass is 32.1. The molecule has 0 N–H and O–H groups in total. The molecule has 0 saturated carbocycles. The molecule has 0 amide bonds. The van der Waals surface area contributed by atoms with Gasteiger partial charge >= 0.3 is 5.00 Å². The van der Waals surface area contributed by atoms with Crippen molar-refractivity contribution in [2.75, 3.05) is 37.6 Å². The number of hydrogen-bond donors (Lipinski definition) is 0. The van der Waals surface area contributed by atoms with Crippen LogP contribution in [-0.4, -0.2) is 47.5 Å². The van der Waals surface area contributed by atoms with Gasteiger partial charge in [-0.25, -0.2) is 4.98 Å². The summed E-state index contributed by atoms with van der Waals surface area (Å²) in [6.45, 7) is 4.14. The second-order valence-electron chi connectivity index (χ2n) is 5.17. The zero-order chi connectivity index (χ0) is 16.1. The maximum Gasteiger partial charge on any atom is 0.345 e. The summed E-state index contributed by atoms with van der Waals surface area (Å²) < 4.78 is 0. The Bertz CT molecular complexity index is 727. The molecular weight excluding hydrogens is 312 g/mol. The van der Waals surface area contributed by atoms with Crippen LogP contribution in [0.3, 0.4) is 0 Å². The van der Waals surface area contributed by atoms with Crippen molar-refractivity contribution in [2.24, 2.45) is 0 Å². The van der Waals surface area contributed by atoms with Gasteiger partial charge in [0.25, 0.3) is 0 Å². The standard InChI is InChI=1S/C16H16N4O2S/c21-20(22)15-13-17-16(23-15)19-11-9-18(10-12-19)8-4-7-14-5-2-1-3-6-14/h1-3,5-6,13H,8-12H2. The second kappa shape index (κ2) is 7.22. The van der Waals surface area contributed by atoms with Crippen molar-refractivity contribution in [1.82, 2.24) is 9.88 Å². The van der Waals surface area contributed by atoms with E-state index in [2.05, 4.69) is 26.6 Å². The second-order valence-corrected chi connectivity index (χ2v) is 6.16. The van der Waals surface area contributed by atoms with Gasteiger partial charge in [0.05, 0.1) is 11.5 Å². The number of nitrogens with zero attached hydrogens (tertiary/aromatic N) is 4. The predicted octanol–water partition coefficient (Wildman–Crippen LogP) is 2.23. The molecule has 118 valence electrons. The van der Waals surface area contributed by atoms with Gasteiger partial charge in [-0.15, -0.1) is 0 Å². The van der Waals surface area contributed by atoms with Crippen molar-refractivity contribution >= 4 is 21.5 Å². The SMILES string of the molecule is O=[N+]([O-])c1cnc(N2CCN(CC#Cc3ccccc3)CC2)s1. The van der Waals surface area contributed by atoms with Crippen LogP contribution in [0.1, 0.15) is 5.56 Å². The summed E-state index contributed by atoms with van der Waals surface area (Å²) in [5, 5.41) is 11.5. The molecule has 1 aromatic carbocycles. The molecule has 0 atom stereocenters. The molecule has 1 aliphatic heterocycles. The number of piperazine rings is 1. The van der Waals surface area contributed by atoms with Gasteiger partial charge in [-0.1, -0.05) is 30.0 Å². The molecule has 2 aromatic rings. The van der Waals surface area contributed by atoms with E-state index in [4.69, 9.17) is 0 Å². The molecule has 0 unspecified atom stereocenters. The van der Waals surface area contributed by atoms with E-state index in [0.29, 0.717) is 0 Å². The molecule has 2 heterocycles. The lowest BCUT2D eigenvalue weighted by molar-refractivity contribution is -0.380. The van der Waals surface area contributed by atoms with E-state index in [1.165, 1.54) is 6.20 Å². The number of rotatable bonds is 3. The Hall–Kier alpha value is -2.43. The van der Waals surface area contributed by atoms with E-state index in [1.807, 2.05) is 30.3 Å². The number of hydrogen-bond acceptors (Lipinski definition) is 6. The Morgan fingerprint density at radius 3 is 2.61 bits per heavy atom. The Balaban J connectivity index is 1.50. The Labute approximate surface area is 138 Å². The summed E-state index contributed by atoms with van der Waals surface area (Å²) in [6, 6.07) is 9.94. The van der Waals surface area contributed by atoms with E-state index >= 15 is 0 Å². The summed E-state index contributed by atoms with van der Waals surface area (Å²) in [7, 11) is 0. The van der Waals surface area contributed by atoms with Crippen molar-refractivity contribution < 1.29 is 4.92 Å². The van der Waals surface area contributed by atoms with E-state index in [-0.39, 0.29) is 5.00 Å². The van der Waals surface area contributed by atoms with E-state index < -0.39 is 4.92 Å². The van der Waals surface area contributed by atoms with E-state index in [9.17, 15) is 10.1 Å². The van der Waals surface area contributed by atoms with Crippen LogP contribution in [-0.2, 0) is 0 Å². The normalized spacial score (nSPS) is 15.0. The van der Waals surface area contributed by atoms with Gasteiger partial charge in [0.15, 0.2) is 5.13 Å². The third kappa shape index (κ3) is 4.06. The van der Waals surface area contributed by atoms with Crippen LogP contribution in [0.15, 0.2) is 36.5 Å². The first kappa shape index (κ1) is 15.5. The van der Waals surface area contributed by atoms with Crippen molar-refractivity contribution in [1.29, 1.82) is 0 Å². The van der Waals surface area contributed by atoms with Crippen LogP contribution in [0.5, 0.6) is 0 Å². The summed E-state index contributed by atoms with van der Waals surface area (Å²) in [5.74, 6) is 6.36. The Morgan fingerprint density at radius 1 is 1.22 bits per heavy atom. The van der Waals surface area contributed by atoms with Crippen LogP contribution in [0.4, 0.5) is 10.1 Å². The molecule has 0 radical (unpaired) electrons. The van der Waals surface area contributed by atoms with Gasteiger partial charge < -0.3 is 4.90 Å². The first-order valence-electron chi connectivity index (χ1n) is 7.34. The predicted molar refractivity (Wildman–Crippen MR) is 90.7 cm³/mol. The van der Waals surface area contributed by atoms with Crippen LogP contribution in [0.2, 0.25) is 0 Å². The lowest BCUT2D eigenvalue weighted by Gasteiger charge is -2.33. The molecule has 0 bridgehead atoms. The molecule has 1 fully saturated rings. The molecule has 1 saturated heterocycles. The smallest absolute Gasteiger partial charge is 0.345 e. The Morgan fingerprint density at radius 2 is 1.96 bits per heavy atom. The molecular formula is C16H16N4O2S. The van der Waals surface area contributed by atoms with Crippen LogP contribution in [0.25, 0.3) is 0 Å². The summed E-state index contributed by atoms with van der Waals surface area (Å²) >= 11 is 1.13. The molecule has 3 rings (SSSR count). The lowest BCUT2D eigenvalue weighted by atomic mass is 10.2. The zero-order valence-electron chi connectivity index (χ0n) is 12.5. The molecule has 6 nitrogen and oxygen atoms in total. The minimum atomic E-state index is -0.392. The fourth-order valence-electron chi connectivity index (χ4n) is 2.36. The van der Waals surface area contributed by atoms with Crippen molar-refractivity contribution in [3.05, 3.63) is 52.2 Å². The molecule has 0 aliphatic carbocycles. The van der Waals surface area contributed by atoms with Crippen molar-refractivity contribution in [2.45, 2.75) is 0 Å². The van der Waals surface area contributed by atoms with Crippen LogP contribution >= 0.6 is 11.3 Å². The summed E-state index contributed by atoms with van der Waals surface area (Å²) in [4.78, 5) is 18.9. The largest absolute Gasteiger partial charge is 0.345 e. The highest BCUT2D eigenvalue weighted by Crippen LogP contribution is 2.28. The van der Waals surface area contributed by atoms with E-state index in [0.717, 1.165) is 54.8 Å². The number of benzene rings is 1. The number of anilines is 1. The molecule has 23 heavy (non-hydrogen) atoms. The molecule has 0 spiro atoms. The van der Waals surface area contributed by atoms with Gasteiger partial charge in [0, 0.05) is 31.7 Å². The van der Waals surface area contributed by atoms with Gasteiger partial charge in [-0.3, -0.25) is 15.0 Å². The minimum absolute atomic E-state index is 0.0937. The quantitative estimate of drug-likeness (QED) is 0.491. The van der Waals surface area contributed by atoms with Gasteiger partial charge in [-0.05, 0) is 23.5 Å². The highest BCUT2D eigenvalue weighted by molar-refractivity contribution is 7.18. The summed E-state index contributed by atoms with van der Waals surface area (Å²) in [5.41, 5.74) is 1.03. The third-order valence-electron chi connectivity index (χ3n) is 3.61. The number of aromatic nitrogens is 1. The van der Waals surface area contributed by atoms with Gasteiger partial charge in [0.1, 0.15) is 6.20 Å². The molecule has 7 heteroatoms. The maximum absolute atomic E-state index is 10.7. The third-order valence-corrected chi connectivity index (χ3v) is 4.62. The van der Waals surface area contributed by atoms with Crippen LogP contribution < -0.4 is 4.90 Å². The molecule has 1 aliphatic rings. The number of nitro groups is 1. The zero-order valence-corrected chi connectivity index (χ0v) is 13.3. The Kier molecular flexibility index (Phi) is 4.86. The average molecular weight is 328 g/mol. The van der Waals surface area contributed by atoms with E-state index in [1.54, 1.807) is 0 Å².